The van der Waals surface area contributed by atoms with Gasteiger partial charge in [0, 0.05) is 23.5 Å². The highest BCUT2D eigenvalue weighted by atomic mass is 16.4. The molecule has 0 amide bonds. The first-order chi connectivity index (χ1) is 13.7. The van der Waals surface area contributed by atoms with Crippen LogP contribution in [0, 0.1) is 0 Å². The van der Waals surface area contributed by atoms with Gasteiger partial charge in [0.2, 0.25) is 0 Å². The van der Waals surface area contributed by atoms with Crippen molar-refractivity contribution in [2.45, 2.75) is 0 Å². The number of pyridine rings is 2. The minimum absolute atomic E-state index is 0.0183. The zero-order chi connectivity index (χ0) is 21.3. The maximum absolute atomic E-state index is 12.1. The SMILES string of the molecule is Nc1[nH]c(=O)c(C(=O)O)c(-c2ccc(-c3cncc(C(=O)O)c3)cc2)c1C(=O)O. The Labute approximate surface area is 161 Å². The van der Waals surface area contributed by atoms with E-state index in [2.05, 4.69) is 4.98 Å². The van der Waals surface area contributed by atoms with Crippen LogP contribution in [0.5, 0.6) is 0 Å². The minimum Gasteiger partial charge on any atom is -0.478 e. The maximum Gasteiger partial charge on any atom is 0.342 e. The summed E-state index contributed by atoms with van der Waals surface area (Å²) < 4.78 is 0. The van der Waals surface area contributed by atoms with E-state index in [9.17, 15) is 29.4 Å². The fourth-order valence-corrected chi connectivity index (χ4v) is 2.88. The van der Waals surface area contributed by atoms with Gasteiger partial charge in [0.25, 0.3) is 5.56 Å². The van der Waals surface area contributed by atoms with Gasteiger partial charge in [0.05, 0.1) is 5.56 Å². The van der Waals surface area contributed by atoms with Crippen molar-refractivity contribution in [3.8, 4) is 22.3 Å². The van der Waals surface area contributed by atoms with Crippen molar-refractivity contribution in [2.24, 2.45) is 0 Å². The second-order valence-corrected chi connectivity index (χ2v) is 5.95. The fraction of sp³-hybridized carbons (Fsp3) is 0. The Morgan fingerprint density at radius 2 is 1.41 bits per heavy atom. The summed E-state index contributed by atoms with van der Waals surface area (Å²) in [6.07, 6.45) is 2.63. The number of nitrogens with two attached hydrogens (primary N) is 1. The molecule has 0 radical (unpaired) electrons. The zero-order valence-electron chi connectivity index (χ0n) is 14.5. The second kappa shape index (κ2) is 7.27. The third-order valence-corrected chi connectivity index (χ3v) is 4.16. The van der Waals surface area contributed by atoms with Crippen LogP contribution in [0.2, 0.25) is 0 Å². The van der Waals surface area contributed by atoms with Crippen molar-refractivity contribution in [1.29, 1.82) is 0 Å². The number of hydrogen-bond donors (Lipinski definition) is 5. The number of nitrogens with zero attached hydrogens (tertiary/aromatic N) is 1. The van der Waals surface area contributed by atoms with Gasteiger partial charge in [-0.1, -0.05) is 24.3 Å². The molecule has 0 aliphatic heterocycles. The van der Waals surface area contributed by atoms with E-state index in [0.29, 0.717) is 11.1 Å². The number of nitrogen functional groups attached to an aromatic ring is 1. The van der Waals surface area contributed by atoms with Crippen LogP contribution in [0.3, 0.4) is 0 Å². The van der Waals surface area contributed by atoms with Crippen molar-refractivity contribution in [1.82, 2.24) is 9.97 Å². The molecule has 0 aliphatic carbocycles. The molecule has 0 saturated heterocycles. The van der Waals surface area contributed by atoms with Crippen LogP contribution in [-0.2, 0) is 0 Å². The third-order valence-electron chi connectivity index (χ3n) is 4.16. The number of hydrogen-bond acceptors (Lipinski definition) is 6. The lowest BCUT2D eigenvalue weighted by molar-refractivity contribution is 0.0682. The molecule has 0 bridgehead atoms. The normalized spacial score (nSPS) is 10.5. The molecule has 1 aromatic carbocycles. The van der Waals surface area contributed by atoms with E-state index >= 15 is 0 Å². The molecule has 10 heteroatoms. The zero-order valence-corrected chi connectivity index (χ0v) is 14.5. The van der Waals surface area contributed by atoms with Crippen molar-refractivity contribution in [3.63, 3.8) is 0 Å². The van der Waals surface area contributed by atoms with Crippen LogP contribution in [0.25, 0.3) is 22.3 Å². The van der Waals surface area contributed by atoms with Crippen LogP contribution < -0.4 is 11.3 Å². The van der Waals surface area contributed by atoms with Gasteiger partial charge in [0.1, 0.15) is 16.9 Å². The number of H-pyrrole nitrogens is 1. The Morgan fingerprint density at radius 3 is 1.97 bits per heavy atom. The van der Waals surface area contributed by atoms with E-state index in [0.717, 1.165) is 0 Å². The van der Waals surface area contributed by atoms with Gasteiger partial charge in [-0.2, -0.15) is 0 Å². The summed E-state index contributed by atoms with van der Waals surface area (Å²) in [5, 5.41) is 27.9. The van der Waals surface area contributed by atoms with Crippen LogP contribution in [0.4, 0.5) is 5.82 Å². The summed E-state index contributed by atoms with van der Waals surface area (Å²) in [5.41, 5.74) is 4.12. The molecule has 3 rings (SSSR count). The van der Waals surface area contributed by atoms with E-state index in [-0.39, 0.29) is 16.7 Å². The Balaban J connectivity index is 2.19. The number of rotatable bonds is 5. The smallest absolute Gasteiger partial charge is 0.342 e. The first kappa shape index (κ1) is 19.3. The molecular weight excluding hydrogens is 382 g/mol. The standard InChI is InChI=1S/C19H13N3O7/c20-15-13(18(26)27)12(14(19(28)29)16(23)22-15)9-3-1-8(2-4-9)10-5-11(17(24)25)7-21-6-10/h1-7H,(H,24,25)(H,26,27)(H,28,29)(H3,20,22,23). The fourth-order valence-electron chi connectivity index (χ4n) is 2.88. The van der Waals surface area contributed by atoms with Gasteiger partial charge in [-0.25, -0.2) is 14.4 Å². The van der Waals surface area contributed by atoms with Gasteiger partial charge in [-0.15, -0.1) is 0 Å². The molecule has 29 heavy (non-hydrogen) atoms. The summed E-state index contributed by atoms with van der Waals surface area (Å²) >= 11 is 0. The molecule has 0 atom stereocenters. The Bertz CT molecular complexity index is 1210. The van der Waals surface area contributed by atoms with Gasteiger partial charge in [-0.3, -0.25) is 9.78 Å². The van der Waals surface area contributed by atoms with E-state index in [1.54, 1.807) is 0 Å². The number of aromatic carboxylic acids is 3. The van der Waals surface area contributed by atoms with E-state index in [4.69, 9.17) is 10.8 Å². The van der Waals surface area contributed by atoms with Crippen LogP contribution in [0.15, 0.2) is 47.5 Å². The highest BCUT2D eigenvalue weighted by molar-refractivity contribution is 6.07. The van der Waals surface area contributed by atoms with Crippen LogP contribution in [-0.4, -0.2) is 43.2 Å². The number of anilines is 1. The first-order valence-electron chi connectivity index (χ1n) is 8.02. The van der Waals surface area contributed by atoms with Crippen molar-refractivity contribution in [2.75, 3.05) is 5.73 Å². The lowest BCUT2D eigenvalue weighted by atomic mass is 9.94. The van der Waals surface area contributed by atoms with E-state index < -0.39 is 40.4 Å². The molecule has 10 nitrogen and oxygen atoms in total. The number of benzene rings is 1. The second-order valence-electron chi connectivity index (χ2n) is 5.95. The maximum atomic E-state index is 12.1. The molecule has 2 heterocycles. The van der Waals surface area contributed by atoms with Crippen molar-refractivity contribution in [3.05, 3.63) is 69.8 Å². The minimum atomic E-state index is -1.61. The molecule has 6 N–H and O–H groups in total. The lowest BCUT2D eigenvalue weighted by Crippen LogP contribution is -2.24. The van der Waals surface area contributed by atoms with Crippen LogP contribution in [0.1, 0.15) is 31.1 Å². The van der Waals surface area contributed by atoms with Gasteiger partial charge in [-0.05, 0) is 17.2 Å². The Kier molecular flexibility index (Phi) is 4.84. The molecule has 0 aliphatic rings. The van der Waals surface area contributed by atoms with Gasteiger partial charge < -0.3 is 26.0 Å². The number of carboxylic acid groups (broad SMARTS) is 3. The van der Waals surface area contributed by atoms with Crippen LogP contribution >= 0.6 is 0 Å². The lowest BCUT2D eigenvalue weighted by Gasteiger charge is -2.12. The van der Waals surface area contributed by atoms with E-state index in [1.165, 1.54) is 42.7 Å². The van der Waals surface area contributed by atoms with Crippen molar-refractivity contribution >= 4 is 23.7 Å². The summed E-state index contributed by atoms with van der Waals surface area (Å²) in [4.78, 5) is 52.3. The number of carboxylic acids is 3. The number of aromatic amines is 1. The molecule has 0 saturated carbocycles. The number of nitrogens with one attached hydrogen (secondary N) is 1. The number of carbonyl (C=O) groups is 3. The first-order valence-corrected chi connectivity index (χ1v) is 8.02. The van der Waals surface area contributed by atoms with Gasteiger partial charge >= 0.3 is 17.9 Å². The average Bonchev–Trinajstić information content (AvgIpc) is 2.67. The monoisotopic (exact) mass is 395 g/mol. The molecular formula is C19H13N3O7. The molecule has 0 spiro atoms. The quantitative estimate of drug-likeness (QED) is 0.429. The predicted octanol–water partition coefficient (Wildman–Crippen LogP) is 1.78. The Hall–Kier alpha value is -4.47. The largest absolute Gasteiger partial charge is 0.478 e. The average molecular weight is 395 g/mol. The molecule has 0 unspecified atom stereocenters. The molecule has 2 aromatic heterocycles. The topological polar surface area (TPSA) is 184 Å². The predicted molar refractivity (Wildman–Crippen MR) is 101 cm³/mol. The van der Waals surface area contributed by atoms with Crippen molar-refractivity contribution < 1.29 is 29.7 Å². The Morgan fingerprint density at radius 1 is 0.828 bits per heavy atom. The van der Waals surface area contributed by atoms with Gasteiger partial charge in [0.15, 0.2) is 0 Å². The third kappa shape index (κ3) is 3.54. The summed E-state index contributed by atoms with van der Waals surface area (Å²) in [6.45, 7) is 0. The van der Waals surface area contributed by atoms with E-state index in [1.807, 2.05) is 4.98 Å². The number of aromatic nitrogens is 2. The molecule has 146 valence electrons. The summed E-state index contributed by atoms with van der Waals surface area (Å²) in [7, 11) is 0. The summed E-state index contributed by atoms with van der Waals surface area (Å²) in [5.74, 6) is -4.72. The highest BCUT2D eigenvalue weighted by Gasteiger charge is 2.26. The molecule has 0 fully saturated rings. The summed E-state index contributed by atoms with van der Waals surface area (Å²) in [6, 6.07) is 7.27. The highest BCUT2D eigenvalue weighted by Crippen LogP contribution is 2.31. The molecule has 3 aromatic rings.